The fraction of sp³-hybridized carbons (Fsp3) is 0.143. The number of halogens is 1. The van der Waals surface area contributed by atoms with E-state index in [0.29, 0.717) is 22.1 Å². The minimum atomic E-state index is -0.905. The van der Waals surface area contributed by atoms with E-state index < -0.39 is 5.97 Å². The van der Waals surface area contributed by atoms with Gasteiger partial charge in [0.05, 0.1) is 13.0 Å². The highest BCUT2D eigenvalue weighted by Gasteiger charge is 2.03. The summed E-state index contributed by atoms with van der Waals surface area (Å²) in [4.78, 5) is 22.7. The molecule has 2 rings (SSSR count). The lowest BCUT2D eigenvalue weighted by Gasteiger charge is -2.05. The molecule has 0 unspecified atom stereocenters. The third-order valence-corrected chi connectivity index (χ3v) is 3.54. The van der Waals surface area contributed by atoms with Gasteiger partial charge in [0.2, 0.25) is 0 Å². The van der Waals surface area contributed by atoms with Crippen molar-refractivity contribution in [3.05, 3.63) is 77.3 Å². The van der Waals surface area contributed by atoms with Gasteiger partial charge in [0, 0.05) is 10.6 Å². The molecule has 0 amide bonds. The Labute approximate surface area is 162 Å². The van der Waals surface area contributed by atoms with Crippen LogP contribution in [0.5, 0.6) is 11.5 Å². The number of aliphatic carboxylic acids is 1. The molecule has 0 aliphatic carbocycles. The number of ketones is 1. The summed E-state index contributed by atoms with van der Waals surface area (Å²) in [5, 5.41) is 8.98. The van der Waals surface area contributed by atoms with Crippen molar-refractivity contribution in [1.82, 2.24) is 0 Å². The largest absolute Gasteiger partial charge is 0.493 e. The molecule has 140 valence electrons. The first-order valence-electron chi connectivity index (χ1n) is 8.17. The average Bonchev–Trinajstić information content (AvgIpc) is 2.65. The Bertz CT molecular complexity index is 823. The lowest BCUT2D eigenvalue weighted by molar-refractivity contribution is -0.137. The second kappa shape index (κ2) is 10.2. The van der Waals surface area contributed by atoms with Gasteiger partial charge in [0.1, 0.15) is 18.1 Å². The van der Waals surface area contributed by atoms with Crippen molar-refractivity contribution in [3.8, 4) is 11.5 Å². The number of benzene rings is 2. The van der Waals surface area contributed by atoms with Crippen LogP contribution in [-0.2, 0) is 4.79 Å². The zero-order valence-corrected chi connectivity index (χ0v) is 15.3. The Morgan fingerprint density at radius 1 is 1.00 bits per heavy atom. The second-order valence-electron chi connectivity index (χ2n) is 5.59. The first kappa shape index (κ1) is 20.3. The Morgan fingerprint density at radius 2 is 1.59 bits per heavy atom. The summed E-state index contributed by atoms with van der Waals surface area (Å²) < 4.78 is 10.7. The van der Waals surface area contributed by atoms with Crippen LogP contribution in [0.25, 0.3) is 6.08 Å². The molecule has 0 spiro atoms. The SMILES string of the molecule is C=C(Cl)COc1ccc(C(=O)C=Cc2ccc(OCCC(=O)O)cc2)cc1. The molecule has 0 aromatic heterocycles. The number of carboxylic acids is 1. The normalized spacial score (nSPS) is 10.6. The van der Waals surface area contributed by atoms with E-state index in [-0.39, 0.29) is 25.4 Å². The van der Waals surface area contributed by atoms with Crippen molar-refractivity contribution in [2.75, 3.05) is 13.2 Å². The first-order chi connectivity index (χ1) is 12.9. The fourth-order valence-electron chi connectivity index (χ4n) is 2.08. The van der Waals surface area contributed by atoms with Gasteiger partial charge < -0.3 is 14.6 Å². The molecule has 0 aliphatic heterocycles. The lowest BCUT2D eigenvalue weighted by Crippen LogP contribution is -2.04. The average molecular weight is 387 g/mol. The molecule has 27 heavy (non-hydrogen) atoms. The van der Waals surface area contributed by atoms with Gasteiger partial charge >= 0.3 is 5.97 Å². The van der Waals surface area contributed by atoms with Crippen molar-refractivity contribution < 1.29 is 24.2 Å². The van der Waals surface area contributed by atoms with Crippen LogP contribution in [0.4, 0.5) is 0 Å². The number of ether oxygens (including phenoxy) is 2. The van der Waals surface area contributed by atoms with Crippen molar-refractivity contribution in [1.29, 1.82) is 0 Å². The summed E-state index contributed by atoms with van der Waals surface area (Å²) in [6, 6.07) is 13.8. The summed E-state index contributed by atoms with van der Waals surface area (Å²) in [7, 11) is 0. The number of hydrogen-bond acceptors (Lipinski definition) is 4. The van der Waals surface area contributed by atoms with Crippen LogP contribution >= 0.6 is 11.6 Å². The van der Waals surface area contributed by atoms with Gasteiger partial charge in [-0.3, -0.25) is 9.59 Å². The van der Waals surface area contributed by atoms with Crippen LogP contribution in [0.2, 0.25) is 0 Å². The zero-order chi connectivity index (χ0) is 19.6. The summed E-state index contributed by atoms with van der Waals surface area (Å²) >= 11 is 5.64. The number of carboxylic acid groups (broad SMARTS) is 1. The molecule has 0 radical (unpaired) electrons. The van der Waals surface area contributed by atoms with Gasteiger partial charge in [-0.2, -0.15) is 0 Å². The molecule has 0 saturated carbocycles. The molecule has 0 saturated heterocycles. The minimum Gasteiger partial charge on any atom is -0.493 e. The van der Waals surface area contributed by atoms with Crippen molar-refractivity contribution >= 4 is 29.4 Å². The quantitative estimate of drug-likeness (QED) is 0.478. The van der Waals surface area contributed by atoms with E-state index in [1.807, 2.05) is 0 Å². The van der Waals surface area contributed by atoms with Crippen LogP contribution in [0, 0.1) is 0 Å². The van der Waals surface area contributed by atoms with Crippen molar-refractivity contribution in [3.63, 3.8) is 0 Å². The molecule has 0 bridgehead atoms. The number of allylic oxidation sites excluding steroid dienone is 1. The van der Waals surface area contributed by atoms with Crippen LogP contribution < -0.4 is 9.47 Å². The predicted octanol–water partition coefficient (Wildman–Crippen LogP) is 4.57. The Kier molecular flexibility index (Phi) is 7.64. The standard InChI is InChI=1S/C21H19ClO5/c1-15(22)14-27-19-9-5-17(6-10-19)20(23)11-4-16-2-7-18(8-3-16)26-13-12-21(24)25/h2-11H,1,12-14H2,(H,24,25). The number of carbonyl (C=O) groups is 2. The van der Waals surface area contributed by atoms with Gasteiger partial charge in [0.25, 0.3) is 0 Å². The van der Waals surface area contributed by atoms with E-state index in [1.165, 1.54) is 6.08 Å². The Morgan fingerprint density at radius 3 is 2.19 bits per heavy atom. The maximum absolute atomic E-state index is 12.2. The maximum Gasteiger partial charge on any atom is 0.306 e. The summed E-state index contributed by atoms with van der Waals surface area (Å²) in [6.45, 7) is 3.87. The third-order valence-electron chi connectivity index (χ3n) is 3.43. The highest BCUT2D eigenvalue weighted by molar-refractivity contribution is 6.29. The van der Waals surface area contributed by atoms with E-state index in [1.54, 1.807) is 54.6 Å². The third kappa shape index (κ3) is 7.38. The summed E-state index contributed by atoms with van der Waals surface area (Å²) in [6.07, 6.45) is 3.13. The topological polar surface area (TPSA) is 72.8 Å². The van der Waals surface area contributed by atoms with E-state index in [2.05, 4.69) is 6.58 Å². The second-order valence-corrected chi connectivity index (χ2v) is 6.12. The minimum absolute atomic E-state index is 0.0549. The molecule has 2 aromatic rings. The Balaban J connectivity index is 1.90. The van der Waals surface area contributed by atoms with Gasteiger partial charge in [-0.05, 0) is 48.0 Å². The Hall–Kier alpha value is -3.05. The van der Waals surface area contributed by atoms with Gasteiger partial charge in [-0.15, -0.1) is 0 Å². The molecular formula is C21H19ClO5. The molecule has 0 heterocycles. The van der Waals surface area contributed by atoms with Crippen molar-refractivity contribution in [2.45, 2.75) is 6.42 Å². The molecule has 0 aliphatic rings. The molecular weight excluding hydrogens is 368 g/mol. The predicted molar refractivity (Wildman–Crippen MR) is 104 cm³/mol. The van der Waals surface area contributed by atoms with Crippen LogP contribution in [0.3, 0.4) is 0 Å². The summed E-state index contributed by atoms with van der Waals surface area (Å²) in [5.74, 6) is 0.146. The van der Waals surface area contributed by atoms with Crippen LogP contribution in [0.1, 0.15) is 22.3 Å². The van der Waals surface area contributed by atoms with Crippen LogP contribution in [0.15, 0.2) is 66.2 Å². The molecule has 2 aromatic carbocycles. The smallest absolute Gasteiger partial charge is 0.306 e. The monoisotopic (exact) mass is 386 g/mol. The van der Waals surface area contributed by atoms with E-state index in [4.69, 9.17) is 26.2 Å². The molecule has 5 nitrogen and oxygen atoms in total. The van der Waals surface area contributed by atoms with Gasteiger partial charge in [0.15, 0.2) is 5.78 Å². The molecule has 0 atom stereocenters. The van der Waals surface area contributed by atoms with E-state index in [9.17, 15) is 9.59 Å². The highest BCUT2D eigenvalue weighted by atomic mass is 35.5. The highest BCUT2D eigenvalue weighted by Crippen LogP contribution is 2.16. The summed E-state index contributed by atoms with van der Waals surface area (Å²) in [5.41, 5.74) is 1.37. The van der Waals surface area contributed by atoms with Gasteiger partial charge in [-0.25, -0.2) is 0 Å². The van der Waals surface area contributed by atoms with E-state index >= 15 is 0 Å². The number of rotatable bonds is 10. The molecule has 6 heteroatoms. The first-order valence-corrected chi connectivity index (χ1v) is 8.55. The molecule has 1 N–H and O–H groups in total. The van der Waals surface area contributed by atoms with E-state index in [0.717, 1.165) is 5.56 Å². The zero-order valence-electron chi connectivity index (χ0n) is 14.6. The van der Waals surface area contributed by atoms with Gasteiger partial charge in [-0.1, -0.05) is 36.4 Å². The number of carbonyl (C=O) groups excluding carboxylic acids is 1. The lowest BCUT2D eigenvalue weighted by atomic mass is 10.1. The fourth-order valence-corrected chi connectivity index (χ4v) is 2.13. The molecule has 0 fully saturated rings. The number of hydrogen-bond donors (Lipinski definition) is 1. The maximum atomic E-state index is 12.2. The van der Waals surface area contributed by atoms with Crippen molar-refractivity contribution in [2.24, 2.45) is 0 Å². The van der Waals surface area contributed by atoms with Crippen LogP contribution in [-0.4, -0.2) is 30.1 Å².